The van der Waals surface area contributed by atoms with E-state index in [9.17, 15) is 0 Å². The maximum absolute atomic E-state index is 2.79. The summed E-state index contributed by atoms with van der Waals surface area (Å²) in [6.45, 7) is 13.9. The predicted molar refractivity (Wildman–Crippen MR) is 153 cm³/mol. The monoisotopic (exact) mass is 482 g/mol. The molecule has 35 heavy (non-hydrogen) atoms. The van der Waals surface area contributed by atoms with E-state index in [0.717, 1.165) is 35.6 Å². The molecule has 0 amide bonds. The summed E-state index contributed by atoms with van der Waals surface area (Å²) in [5.41, 5.74) is 4.70. The fourth-order valence-corrected chi connectivity index (χ4v) is 9.41. The highest BCUT2D eigenvalue weighted by molar-refractivity contribution is 5.28. The van der Waals surface area contributed by atoms with Gasteiger partial charge >= 0.3 is 0 Å². The van der Waals surface area contributed by atoms with Crippen molar-refractivity contribution < 1.29 is 0 Å². The summed E-state index contributed by atoms with van der Waals surface area (Å²) in [7, 11) is 9.00. The second kappa shape index (κ2) is 10.6. The molecular weight excluding hydrogens is 424 g/mol. The molecule has 0 unspecified atom stereocenters. The molecular formula is C33H58N2. The average molecular weight is 483 g/mol. The molecule has 4 aliphatic carbocycles. The van der Waals surface area contributed by atoms with E-state index < -0.39 is 0 Å². The SMILES string of the molecule is CC(C)/C(=C/C[C@@H](C)[C@H]1CC[C@H]2C3=CC[C@H]4C[C@H](N(C)C)CC[C@]4(C)[C@H]3CC[C@]12C)CCN(C)C. The first-order valence-corrected chi connectivity index (χ1v) is 15.2. The minimum absolute atomic E-state index is 0.529. The molecule has 8 atom stereocenters. The van der Waals surface area contributed by atoms with Gasteiger partial charge in [-0.1, -0.05) is 57.9 Å². The summed E-state index contributed by atoms with van der Waals surface area (Å²) in [5, 5.41) is 0. The van der Waals surface area contributed by atoms with Crippen LogP contribution in [0.3, 0.4) is 0 Å². The Hall–Kier alpha value is -0.600. The molecule has 0 saturated heterocycles. The first-order chi connectivity index (χ1) is 16.5. The summed E-state index contributed by atoms with van der Waals surface area (Å²) in [5.74, 6) is 5.00. The van der Waals surface area contributed by atoms with Crippen molar-refractivity contribution in [2.75, 3.05) is 34.7 Å². The van der Waals surface area contributed by atoms with E-state index in [-0.39, 0.29) is 0 Å². The van der Waals surface area contributed by atoms with Crippen LogP contribution in [0, 0.1) is 46.3 Å². The van der Waals surface area contributed by atoms with Crippen LogP contribution in [0.5, 0.6) is 0 Å². The van der Waals surface area contributed by atoms with Crippen molar-refractivity contribution in [2.45, 2.75) is 105 Å². The van der Waals surface area contributed by atoms with Gasteiger partial charge in [0, 0.05) is 12.6 Å². The Kier molecular flexibility index (Phi) is 8.34. The van der Waals surface area contributed by atoms with Crippen molar-refractivity contribution in [1.29, 1.82) is 0 Å². The number of hydrogen-bond donors (Lipinski definition) is 0. The molecule has 0 spiro atoms. The zero-order valence-electron chi connectivity index (χ0n) is 24.9. The van der Waals surface area contributed by atoms with Gasteiger partial charge in [-0.2, -0.15) is 0 Å². The molecule has 0 radical (unpaired) electrons. The van der Waals surface area contributed by atoms with Crippen molar-refractivity contribution in [2.24, 2.45) is 46.3 Å². The molecule has 4 aliphatic rings. The molecule has 0 aliphatic heterocycles. The van der Waals surface area contributed by atoms with Crippen LogP contribution >= 0.6 is 0 Å². The summed E-state index contributed by atoms with van der Waals surface area (Å²) < 4.78 is 0. The highest BCUT2D eigenvalue weighted by Gasteiger charge is 2.58. The van der Waals surface area contributed by atoms with Crippen molar-refractivity contribution in [1.82, 2.24) is 9.80 Å². The van der Waals surface area contributed by atoms with Gasteiger partial charge in [0.05, 0.1) is 0 Å². The number of hydrogen-bond acceptors (Lipinski definition) is 2. The van der Waals surface area contributed by atoms with Gasteiger partial charge in [-0.05, 0) is 139 Å². The molecule has 200 valence electrons. The first-order valence-electron chi connectivity index (χ1n) is 15.2. The molecule has 2 nitrogen and oxygen atoms in total. The van der Waals surface area contributed by atoms with Crippen LogP contribution in [-0.4, -0.2) is 50.6 Å². The van der Waals surface area contributed by atoms with E-state index in [1.54, 1.807) is 5.57 Å². The molecule has 2 heteroatoms. The smallest absolute Gasteiger partial charge is 0.00923 e. The molecule has 0 aromatic rings. The van der Waals surface area contributed by atoms with Crippen molar-refractivity contribution in [3.63, 3.8) is 0 Å². The third kappa shape index (κ3) is 5.22. The van der Waals surface area contributed by atoms with Crippen LogP contribution < -0.4 is 0 Å². The van der Waals surface area contributed by atoms with Gasteiger partial charge in [0.25, 0.3) is 0 Å². The lowest BCUT2D eigenvalue weighted by molar-refractivity contribution is -0.0249. The normalized spacial score (nSPS) is 40.5. The largest absolute Gasteiger partial charge is 0.309 e. The highest BCUT2D eigenvalue weighted by atomic mass is 15.1. The van der Waals surface area contributed by atoms with E-state index in [0.29, 0.717) is 16.7 Å². The average Bonchev–Trinajstić information content (AvgIpc) is 3.15. The van der Waals surface area contributed by atoms with Crippen molar-refractivity contribution >= 4 is 0 Å². The molecule has 3 saturated carbocycles. The van der Waals surface area contributed by atoms with Crippen LogP contribution in [-0.2, 0) is 0 Å². The third-order valence-corrected chi connectivity index (χ3v) is 11.9. The molecule has 0 N–H and O–H groups in total. The van der Waals surface area contributed by atoms with E-state index in [4.69, 9.17) is 0 Å². The van der Waals surface area contributed by atoms with Crippen LogP contribution in [0.1, 0.15) is 98.8 Å². The second-order valence-electron chi connectivity index (χ2n) is 14.6. The Balaban J connectivity index is 1.47. The van der Waals surface area contributed by atoms with Crippen LogP contribution in [0.25, 0.3) is 0 Å². The molecule has 0 aromatic carbocycles. The van der Waals surface area contributed by atoms with E-state index in [1.165, 1.54) is 70.8 Å². The lowest BCUT2D eigenvalue weighted by Gasteiger charge is -2.58. The topological polar surface area (TPSA) is 6.48 Å². The Bertz CT molecular complexity index is 791. The zero-order valence-corrected chi connectivity index (χ0v) is 24.9. The van der Waals surface area contributed by atoms with E-state index >= 15 is 0 Å². The second-order valence-corrected chi connectivity index (χ2v) is 14.6. The number of nitrogens with zero attached hydrogens (tertiary/aromatic N) is 2. The highest BCUT2D eigenvalue weighted by Crippen LogP contribution is 2.67. The fourth-order valence-electron chi connectivity index (χ4n) is 9.41. The van der Waals surface area contributed by atoms with Gasteiger partial charge in [0.2, 0.25) is 0 Å². The Morgan fingerprint density at radius 2 is 1.66 bits per heavy atom. The lowest BCUT2D eigenvalue weighted by Crippen LogP contribution is -2.51. The third-order valence-electron chi connectivity index (χ3n) is 11.9. The Morgan fingerprint density at radius 1 is 0.971 bits per heavy atom. The molecule has 0 heterocycles. The number of allylic oxidation sites excluding steroid dienone is 3. The maximum atomic E-state index is 2.79. The van der Waals surface area contributed by atoms with Gasteiger partial charge in [0.15, 0.2) is 0 Å². The maximum Gasteiger partial charge on any atom is 0.00923 e. The van der Waals surface area contributed by atoms with Crippen LogP contribution in [0.4, 0.5) is 0 Å². The fraction of sp³-hybridized carbons (Fsp3) is 0.879. The first kappa shape index (κ1) is 27.4. The van der Waals surface area contributed by atoms with E-state index in [1.807, 2.05) is 5.57 Å². The lowest BCUT2D eigenvalue weighted by atomic mass is 9.47. The predicted octanol–water partition coefficient (Wildman–Crippen LogP) is 8.06. The van der Waals surface area contributed by atoms with Gasteiger partial charge in [0.1, 0.15) is 0 Å². The van der Waals surface area contributed by atoms with Gasteiger partial charge in [-0.3, -0.25) is 0 Å². The van der Waals surface area contributed by atoms with Crippen molar-refractivity contribution in [3.05, 3.63) is 23.3 Å². The minimum Gasteiger partial charge on any atom is -0.309 e. The number of rotatable bonds is 8. The molecule has 0 aromatic heterocycles. The summed E-state index contributed by atoms with van der Waals surface area (Å²) in [6, 6.07) is 0.801. The summed E-state index contributed by atoms with van der Waals surface area (Å²) in [6.07, 6.45) is 19.4. The standard InChI is InChI=1S/C33H58N2/c1-23(2)25(18-21-34(6)7)11-10-24(3)29-14-15-30-28-13-12-26-22-27(35(8)9)16-19-32(26,4)31(28)17-20-33(29,30)5/h11,13,23-24,26-27,29-31H,10,12,14-22H2,1-9H3/b25-11+/t24-,26+,27-,29-,30+,31+,32+,33-/m1/s1. The molecule has 3 fully saturated rings. The number of fused-ring (bicyclic) bond motifs is 5. The van der Waals surface area contributed by atoms with Gasteiger partial charge < -0.3 is 9.80 Å². The van der Waals surface area contributed by atoms with E-state index in [2.05, 4.69) is 84.8 Å². The van der Waals surface area contributed by atoms with Crippen LogP contribution in [0.15, 0.2) is 23.3 Å². The molecule has 4 rings (SSSR count). The quantitative estimate of drug-likeness (QED) is 0.323. The van der Waals surface area contributed by atoms with Gasteiger partial charge in [-0.25, -0.2) is 0 Å². The van der Waals surface area contributed by atoms with Crippen LogP contribution in [0.2, 0.25) is 0 Å². The minimum atomic E-state index is 0.529. The zero-order chi connectivity index (χ0) is 25.5. The Morgan fingerprint density at radius 3 is 2.31 bits per heavy atom. The summed E-state index contributed by atoms with van der Waals surface area (Å²) >= 11 is 0. The molecule has 0 bridgehead atoms. The van der Waals surface area contributed by atoms with Gasteiger partial charge in [-0.15, -0.1) is 0 Å². The Labute approximate surface area is 219 Å². The van der Waals surface area contributed by atoms with Crippen molar-refractivity contribution in [3.8, 4) is 0 Å². The summed E-state index contributed by atoms with van der Waals surface area (Å²) in [4.78, 5) is 4.83.